The van der Waals surface area contributed by atoms with Crippen LogP contribution in [0.15, 0.2) is 182 Å². The average molecular weight is 631 g/mol. The van der Waals surface area contributed by atoms with Crippen LogP contribution in [0.2, 0.25) is 0 Å². The minimum atomic E-state index is 1.23. The molecule has 230 valence electrons. The Morgan fingerprint density at radius 3 is 1.10 bits per heavy atom. The molecule has 0 fully saturated rings. The Bertz CT molecular complexity index is 2880. The Labute approximate surface area is 289 Å². The highest BCUT2D eigenvalue weighted by atomic mass is 14.2. The van der Waals surface area contributed by atoms with Crippen LogP contribution in [0, 0.1) is 0 Å². The highest BCUT2D eigenvalue weighted by Gasteiger charge is 2.18. The van der Waals surface area contributed by atoms with Gasteiger partial charge in [0, 0.05) is 0 Å². The summed E-state index contributed by atoms with van der Waals surface area (Å²) in [4.78, 5) is 0. The Morgan fingerprint density at radius 2 is 0.600 bits per heavy atom. The van der Waals surface area contributed by atoms with Crippen molar-refractivity contribution in [2.24, 2.45) is 0 Å². The van der Waals surface area contributed by atoms with E-state index >= 15 is 0 Å². The van der Waals surface area contributed by atoms with Gasteiger partial charge in [0.25, 0.3) is 0 Å². The van der Waals surface area contributed by atoms with Gasteiger partial charge in [-0.15, -0.1) is 0 Å². The highest BCUT2D eigenvalue weighted by molar-refractivity contribution is 6.26. The third-order valence-corrected chi connectivity index (χ3v) is 10.9. The molecule has 11 rings (SSSR count). The maximum atomic E-state index is 2.45. The topological polar surface area (TPSA) is 0 Å². The zero-order chi connectivity index (χ0) is 32.8. The molecule has 11 aromatic carbocycles. The van der Waals surface area contributed by atoms with E-state index in [1.807, 2.05) is 0 Å². The van der Waals surface area contributed by atoms with E-state index in [1.54, 1.807) is 0 Å². The third kappa shape index (κ3) is 4.00. The standard InChI is InChI=1S/C50H30/c1-5-16-42-34(10-1)26-35-11-2-6-17-43(35)48(42)39-28-38(41-24-22-33-21-20-31-14-9-15-32-23-25-46(41)50(33)47(31)32)29-40(30-39)49-44-18-7-3-12-36(44)27-37-13-4-8-19-45(37)49/h1-30H. The molecule has 0 spiro atoms. The summed E-state index contributed by atoms with van der Waals surface area (Å²) in [5, 5.41) is 18.0. The van der Waals surface area contributed by atoms with E-state index in [2.05, 4.69) is 182 Å². The van der Waals surface area contributed by atoms with Gasteiger partial charge in [0.2, 0.25) is 0 Å². The van der Waals surface area contributed by atoms with Crippen LogP contribution in [-0.4, -0.2) is 0 Å². The molecular weight excluding hydrogens is 601 g/mol. The molecule has 0 unspecified atom stereocenters. The monoisotopic (exact) mass is 630 g/mol. The van der Waals surface area contributed by atoms with E-state index in [1.165, 1.54) is 109 Å². The Balaban J connectivity index is 1.31. The minimum absolute atomic E-state index is 1.23. The van der Waals surface area contributed by atoms with Crippen LogP contribution in [0.4, 0.5) is 0 Å². The maximum Gasteiger partial charge on any atom is -0.00206 e. The van der Waals surface area contributed by atoms with Gasteiger partial charge >= 0.3 is 0 Å². The van der Waals surface area contributed by atoms with Crippen LogP contribution in [0.1, 0.15) is 0 Å². The molecule has 0 heteroatoms. The first-order valence-electron chi connectivity index (χ1n) is 17.4. The van der Waals surface area contributed by atoms with Crippen molar-refractivity contribution in [3.05, 3.63) is 182 Å². The largest absolute Gasteiger partial charge is 0.0616 e. The normalized spacial score (nSPS) is 12.0. The van der Waals surface area contributed by atoms with Crippen molar-refractivity contribution in [3.63, 3.8) is 0 Å². The molecule has 0 saturated heterocycles. The molecule has 11 aromatic rings. The van der Waals surface area contributed by atoms with E-state index in [-0.39, 0.29) is 0 Å². The third-order valence-electron chi connectivity index (χ3n) is 10.9. The summed E-state index contributed by atoms with van der Waals surface area (Å²) in [6, 6.07) is 67.9. The average Bonchev–Trinajstić information content (AvgIpc) is 3.17. The zero-order valence-corrected chi connectivity index (χ0v) is 27.3. The number of rotatable bonds is 3. The lowest BCUT2D eigenvalue weighted by molar-refractivity contribution is 1.63. The number of fused-ring (bicyclic) bond motifs is 4. The highest BCUT2D eigenvalue weighted by Crippen LogP contribution is 2.45. The van der Waals surface area contributed by atoms with Crippen molar-refractivity contribution >= 4 is 75.4 Å². The van der Waals surface area contributed by atoms with Crippen molar-refractivity contribution in [2.75, 3.05) is 0 Å². The van der Waals surface area contributed by atoms with E-state index in [4.69, 9.17) is 0 Å². The summed E-state index contributed by atoms with van der Waals surface area (Å²) < 4.78 is 0. The second kappa shape index (κ2) is 10.5. The van der Waals surface area contributed by atoms with Gasteiger partial charge in [-0.2, -0.15) is 0 Å². The summed E-state index contributed by atoms with van der Waals surface area (Å²) in [5.74, 6) is 0. The fourth-order valence-electron chi connectivity index (χ4n) is 8.71. The molecule has 0 heterocycles. The first-order valence-corrected chi connectivity index (χ1v) is 17.4. The minimum Gasteiger partial charge on any atom is -0.0616 e. The molecular formula is C50H30. The van der Waals surface area contributed by atoms with Crippen LogP contribution < -0.4 is 0 Å². The number of benzene rings is 11. The molecule has 0 radical (unpaired) electrons. The predicted octanol–water partition coefficient (Wildman–Crippen LogP) is 14.2. The van der Waals surface area contributed by atoms with Gasteiger partial charge < -0.3 is 0 Å². The van der Waals surface area contributed by atoms with Crippen molar-refractivity contribution < 1.29 is 0 Å². The summed E-state index contributed by atoms with van der Waals surface area (Å²) in [7, 11) is 0. The molecule has 50 heavy (non-hydrogen) atoms. The molecule has 0 aliphatic rings. The second-order valence-corrected chi connectivity index (χ2v) is 13.7. The Kier molecular flexibility index (Phi) is 5.76. The fraction of sp³-hybridized carbons (Fsp3) is 0. The van der Waals surface area contributed by atoms with Crippen molar-refractivity contribution in [2.45, 2.75) is 0 Å². The molecule has 0 atom stereocenters. The van der Waals surface area contributed by atoms with E-state index in [9.17, 15) is 0 Å². The van der Waals surface area contributed by atoms with E-state index in [0.29, 0.717) is 0 Å². The van der Waals surface area contributed by atoms with Gasteiger partial charge in [0.05, 0.1) is 0 Å². The van der Waals surface area contributed by atoms with Gasteiger partial charge in [0.1, 0.15) is 0 Å². The lowest BCUT2D eigenvalue weighted by Crippen LogP contribution is -1.92. The SMILES string of the molecule is c1ccc2c(-c3cc(-c4c5ccccc5cc5ccccc45)cc(-c4ccc5ccc6cccc7ccc4c5c67)c3)c3ccccc3cc2c1. The first kappa shape index (κ1) is 27.5. The molecule has 0 N–H and O–H groups in total. The van der Waals surface area contributed by atoms with Crippen molar-refractivity contribution in [1.29, 1.82) is 0 Å². The van der Waals surface area contributed by atoms with Crippen LogP contribution in [0.3, 0.4) is 0 Å². The van der Waals surface area contributed by atoms with Gasteiger partial charge in [-0.1, -0.05) is 152 Å². The zero-order valence-electron chi connectivity index (χ0n) is 27.3. The van der Waals surface area contributed by atoms with Gasteiger partial charge in [0.15, 0.2) is 0 Å². The smallest absolute Gasteiger partial charge is 0.00206 e. The van der Waals surface area contributed by atoms with Gasteiger partial charge in [-0.05, 0) is 139 Å². The summed E-state index contributed by atoms with van der Waals surface area (Å²) >= 11 is 0. The Morgan fingerprint density at radius 1 is 0.220 bits per heavy atom. The molecule has 0 bridgehead atoms. The summed E-state index contributed by atoms with van der Waals surface area (Å²) in [6.45, 7) is 0. The van der Waals surface area contributed by atoms with Crippen LogP contribution in [-0.2, 0) is 0 Å². The lowest BCUT2D eigenvalue weighted by atomic mass is 9.84. The van der Waals surface area contributed by atoms with Crippen LogP contribution in [0.5, 0.6) is 0 Å². The summed E-state index contributed by atoms with van der Waals surface area (Å²) in [5.41, 5.74) is 7.51. The molecule has 0 aliphatic carbocycles. The number of hydrogen-bond donors (Lipinski definition) is 0. The number of hydrogen-bond acceptors (Lipinski definition) is 0. The van der Waals surface area contributed by atoms with Crippen molar-refractivity contribution in [3.8, 4) is 33.4 Å². The molecule has 0 nitrogen and oxygen atoms in total. The first-order chi connectivity index (χ1) is 24.8. The van der Waals surface area contributed by atoms with Crippen LogP contribution in [0.25, 0.3) is 109 Å². The predicted molar refractivity (Wildman–Crippen MR) is 216 cm³/mol. The molecule has 0 aromatic heterocycles. The van der Waals surface area contributed by atoms with Crippen LogP contribution >= 0.6 is 0 Å². The van der Waals surface area contributed by atoms with E-state index < -0.39 is 0 Å². The summed E-state index contributed by atoms with van der Waals surface area (Å²) in [6.07, 6.45) is 0. The molecule has 0 amide bonds. The van der Waals surface area contributed by atoms with Crippen molar-refractivity contribution in [1.82, 2.24) is 0 Å². The van der Waals surface area contributed by atoms with E-state index in [0.717, 1.165) is 0 Å². The lowest BCUT2D eigenvalue weighted by Gasteiger charge is -2.19. The maximum absolute atomic E-state index is 2.45. The Hall–Kier alpha value is -6.50. The second-order valence-electron chi connectivity index (χ2n) is 13.7. The fourth-order valence-corrected chi connectivity index (χ4v) is 8.71. The molecule has 0 saturated carbocycles. The van der Waals surface area contributed by atoms with Gasteiger partial charge in [-0.25, -0.2) is 0 Å². The quantitative estimate of drug-likeness (QED) is 0.135. The van der Waals surface area contributed by atoms with Gasteiger partial charge in [-0.3, -0.25) is 0 Å². The molecule has 0 aliphatic heterocycles.